The number of hydrogen-bond donors (Lipinski definition) is 0. The molecular formula is C84H112O20S4. The molecule has 0 N–H and O–H groups in total. The number of fused-ring (bicyclic) bond motifs is 16. The number of carbonyl (C=O) groups excluding carboxylic acids is 4. The van der Waals surface area contributed by atoms with Crippen LogP contribution in [0.3, 0.4) is 0 Å². The summed E-state index contributed by atoms with van der Waals surface area (Å²) >= 11 is 0. The van der Waals surface area contributed by atoms with E-state index in [9.17, 15) is 19.2 Å². The molecule has 0 saturated heterocycles. The Morgan fingerprint density at radius 2 is 0.472 bits per heavy atom. The lowest BCUT2D eigenvalue weighted by atomic mass is 9.70. The van der Waals surface area contributed by atoms with Crippen molar-refractivity contribution in [3.8, 4) is 46.0 Å². The van der Waals surface area contributed by atoms with Crippen LogP contribution in [0.25, 0.3) is 0 Å². The number of rotatable bonds is 28. The third-order valence-corrected chi connectivity index (χ3v) is 35.0. The fourth-order valence-corrected chi connectivity index (χ4v) is 30.0. The monoisotopic (exact) mass is 1570 g/mol. The lowest BCUT2D eigenvalue weighted by Crippen LogP contribution is -2.43. The number of carbonyl (C=O) groups is 4. The largest absolute Gasteiger partial charge is 0.496 e. The standard InChI is InChI=1S/C84H112O20S4/c1-17-21-53-57-37-62(70(41-65(57)97-13)102-106(91,92)46-82-30-26-50(34-74(82)86)78(82,7)8)55(23-19-3)59-39-64(72(43-67(59)99-15)104-108(95,96)48-84-32-28-52(36-76(84)88)80(84,11)12)56(24-20-4)60-40-63(71(44-68(60)100-16)103-107(93,94)47-83-31-27-51(35-75(83)87)79(83,9)10)54(22-18-2)58-38-61(53)69(42-66(58)98-14)101-105(89,90)45-81-29-25-49(33-73(81)85)77(81,5)6/h37-44,49-56H,17-36,45-48H2,1-16H3/t49-,50-,51-,52-,53-,54-,55-,56-,81-,82-,83-,84-/m1/s1. The molecule has 0 heterocycles. The molecule has 108 heavy (non-hydrogen) atoms. The summed E-state index contributed by atoms with van der Waals surface area (Å²) in [5.74, 6) is -6.62. The zero-order valence-corrected chi connectivity index (χ0v) is 69.3. The van der Waals surface area contributed by atoms with Crippen LogP contribution in [0.2, 0.25) is 0 Å². The molecular weight excluding hydrogens is 1460 g/mol. The van der Waals surface area contributed by atoms with E-state index in [1.165, 1.54) is 52.7 Å². The normalized spacial score (nSPS) is 30.3. The molecule has 20 nitrogen and oxygen atoms in total. The molecule has 0 amide bonds. The van der Waals surface area contributed by atoms with Gasteiger partial charge in [-0.15, -0.1) is 0 Å². The van der Waals surface area contributed by atoms with E-state index in [1.807, 2.05) is 107 Å². The first-order chi connectivity index (χ1) is 50.6. The van der Waals surface area contributed by atoms with E-state index in [-0.39, 0.29) is 144 Å². The molecule has 0 radical (unpaired) electrons. The Bertz CT molecular complexity index is 4200. The molecule has 9 aliphatic carbocycles. The summed E-state index contributed by atoms with van der Waals surface area (Å²) in [6, 6.07) is 13.4. The second-order valence-electron chi connectivity index (χ2n) is 35.7. The maximum atomic E-state index is 15.5. The molecule has 16 bridgehead atoms. The molecule has 592 valence electrons. The maximum Gasteiger partial charge on any atom is 0.310 e. The van der Waals surface area contributed by atoms with Crippen molar-refractivity contribution >= 4 is 63.6 Å². The Labute approximate surface area is 640 Å². The third kappa shape index (κ3) is 12.6. The highest BCUT2D eigenvalue weighted by molar-refractivity contribution is 7.88. The molecule has 9 aliphatic rings. The van der Waals surface area contributed by atoms with Gasteiger partial charge in [0, 0.05) is 118 Å². The average molecular weight is 1570 g/mol. The van der Waals surface area contributed by atoms with Crippen molar-refractivity contribution in [2.75, 3.05) is 51.5 Å². The van der Waals surface area contributed by atoms with Gasteiger partial charge in [-0.3, -0.25) is 19.2 Å². The molecule has 0 unspecified atom stereocenters. The highest BCUT2D eigenvalue weighted by Crippen LogP contribution is 2.69. The fourth-order valence-electron chi connectivity index (χ4n) is 22.9. The quantitative estimate of drug-likeness (QED) is 0.0478. The highest BCUT2D eigenvalue weighted by Gasteiger charge is 2.69. The van der Waals surface area contributed by atoms with Gasteiger partial charge < -0.3 is 35.7 Å². The van der Waals surface area contributed by atoms with Crippen molar-refractivity contribution in [2.24, 2.45) is 67.0 Å². The molecule has 0 aliphatic heterocycles. The van der Waals surface area contributed by atoms with E-state index in [0.29, 0.717) is 122 Å². The van der Waals surface area contributed by atoms with Gasteiger partial charge in [0.05, 0.1) is 73.1 Å². The molecule has 0 aromatic heterocycles. The predicted molar refractivity (Wildman–Crippen MR) is 411 cm³/mol. The van der Waals surface area contributed by atoms with Crippen LogP contribution >= 0.6 is 0 Å². The van der Waals surface area contributed by atoms with Gasteiger partial charge >= 0.3 is 40.5 Å². The second kappa shape index (κ2) is 27.8. The van der Waals surface area contributed by atoms with Crippen molar-refractivity contribution in [1.29, 1.82) is 0 Å². The molecule has 8 fully saturated rings. The lowest BCUT2D eigenvalue weighted by molar-refractivity contribution is -0.128. The van der Waals surface area contributed by atoms with Crippen molar-refractivity contribution < 1.29 is 88.5 Å². The van der Waals surface area contributed by atoms with Crippen molar-refractivity contribution in [1.82, 2.24) is 0 Å². The first-order valence-electron chi connectivity index (χ1n) is 39.3. The number of ketones is 4. The Morgan fingerprint density at radius 1 is 0.296 bits per heavy atom. The van der Waals surface area contributed by atoms with Crippen molar-refractivity contribution in [2.45, 2.75) is 235 Å². The average Bonchev–Trinajstić information content (AvgIpc) is 1.51. The summed E-state index contributed by atoms with van der Waals surface area (Å²) in [5, 5.41) is 0. The Balaban J connectivity index is 1.11. The van der Waals surface area contributed by atoms with Gasteiger partial charge in [-0.25, -0.2) is 0 Å². The van der Waals surface area contributed by atoms with Crippen LogP contribution in [0.15, 0.2) is 48.5 Å². The zero-order chi connectivity index (χ0) is 78.5. The molecule has 13 rings (SSSR count). The minimum Gasteiger partial charge on any atom is -0.496 e. The van der Waals surface area contributed by atoms with Gasteiger partial charge in [0.15, 0.2) is 0 Å². The summed E-state index contributed by atoms with van der Waals surface area (Å²) < 4.78 is 176. The zero-order valence-electron chi connectivity index (χ0n) is 66.0. The SMILES string of the molecule is CCC[C@@H]1c2cc(c(OS(=O)(=O)C[C@]34CC[C@H](CC3=O)C4(C)C)cc2OC)[C@H](CCC)c2cc(c(OS(=O)(=O)C[C@]34CC[C@H](CC3=O)C4(C)C)cc2OC)[C@H](CCC)c2cc(c(OS(=O)(=O)C[C@]34CC[C@H](CC3=O)C4(C)C)cc2OC)[C@H](CCC)c2cc1c(OS(=O)(=O)C[C@]13CC[C@H](CC1=O)C3(C)C)cc2OC. The minimum absolute atomic E-state index is 0.0193. The second-order valence-corrected chi connectivity index (χ2v) is 42.0. The lowest BCUT2D eigenvalue weighted by Gasteiger charge is -2.36. The Morgan fingerprint density at radius 3 is 0.611 bits per heavy atom. The molecule has 8 saturated carbocycles. The van der Waals surface area contributed by atoms with Gasteiger partial charge in [0.25, 0.3) is 0 Å². The molecule has 0 spiro atoms. The molecule has 24 heteroatoms. The summed E-state index contributed by atoms with van der Waals surface area (Å²) in [4.78, 5) is 56.9. The summed E-state index contributed by atoms with van der Waals surface area (Å²) in [5.41, 5.74) is -4.61. The predicted octanol–water partition coefficient (Wildman–Crippen LogP) is 16.2. The van der Waals surface area contributed by atoms with Crippen molar-refractivity contribution in [3.63, 3.8) is 0 Å². The first-order valence-corrected chi connectivity index (χ1v) is 45.6. The van der Waals surface area contributed by atoms with Gasteiger partial charge in [-0.2, -0.15) is 33.7 Å². The summed E-state index contributed by atoms with van der Waals surface area (Å²) in [7, 11) is -13.1. The van der Waals surface area contributed by atoms with Gasteiger partial charge in [-0.05, 0) is 147 Å². The maximum absolute atomic E-state index is 15.5. The number of hydrogen-bond acceptors (Lipinski definition) is 20. The number of Topliss-reactive ketones (excluding diaryl/α,β-unsaturated/α-hetero) is 4. The van der Waals surface area contributed by atoms with Gasteiger partial charge in [0.1, 0.15) is 69.1 Å². The Hall–Kier alpha value is -6.24. The number of ether oxygens (including phenoxy) is 4. The molecule has 4 aromatic rings. The van der Waals surface area contributed by atoms with E-state index < -0.39 is 130 Å². The molecule has 4 aromatic carbocycles. The summed E-state index contributed by atoms with van der Waals surface area (Å²) in [6.45, 7) is 23.5. The smallest absolute Gasteiger partial charge is 0.310 e. The minimum atomic E-state index is -4.71. The van der Waals surface area contributed by atoms with Crippen LogP contribution in [0, 0.1) is 67.0 Å². The van der Waals surface area contributed by atoms with Crippen LogP contribution in [0.4, 0.5) is 0 Å². The van der Waals surface area contributed by atoms with E-state index in [4.69, 9.17) is 35.7 Å². The van der Waals surface area contributed by atoms with Crippen LogP contribution in [-0.2, 0) is 59.7 Å². The van der Waals surface area contributed by atoms with Crippen LogP contribution in [0.1, 0.15) is 280 Å². The highest BCUT2D eigenvalue weighted by atomic mass is 32.2. The van der Waals surface area contributed by atoms with Gasteiger partial charge in [-0.1, -0.05) is 109 Å². The number of methoxy groups -OCH3 is 4. The van der Waals surface area contributed by atoms with E-state index in [1.54, 1.807) is 0 Å². The first kappa shape index (κ1) is 79.8. The van der Waals surface area contributed by atoms with Crippen LogP contribution in [0.5, 0.6) is 46.0 Å². The van der Waals surface area contributed by atoms with Crippen LogP contribution in [-0.4, -0.2) is 108 Å². The van der Waals surface area contributed by atoms with Gasteiger partial charge in [0.2, 0.25) is 0 Å². The fraction of sp³-hybridized carbons (Fsp3) is 0.667. The topological polar surface area (TPSA) is 279 Å². The van der Waals surface area contributed by atoms with Crippen LogP contribution < -0.4 is 35.7 Å². The van der Waals surface area contributed by atoms with E-state index in [0.717, 1.165) is 0 Å². The van der Waals surface area contributed by atoms with E-state index >= 15 is 33.7 Å². The van der Waals surface area contributed by atoms with Crippen molar-refractivity contribution in [3.05, 3.63) is 93.0 Å². The number of benzene rings is 4. The van der Waals surface area contributed by atoms with E-state index in [2.05, 4.69) is 0 Å². The summed E-state index contributed by atoms with van der Waals surface area (Å²) in [6.07, 6.45) is 7.99. The Kier molecular flexibility index (Phi) is 20.6. The third-order valence-electron chi connectivity index (χ3n) is 29.9. The molecule has 12 atom stereocenters.